The summed E-state index contributed by atoms with van der Waals surface area (Å²) in [5.74, 6) is 15.4. The third-order valence-corrected chi connectivity index (χ3v) is 25.0. The highest BCUT2D eigenvalue weighted by atomic mass is 14.5. The molecule has 0 radical (unpaired) electrons. The summed E-state index contributed by atoms with van der Waals surface area (Å²) < 4.78 is 0. The van der Waals surface area contributed by atoms with Crippen LogP contribution in [0.1, 0.15) is 347 Å². The molecule has 0 amide bonds. The molecule has 0 nitrogen and oxygen atoms in total. The van der Waals surface area contributed by atoms with E-state index in [1.54, 1.807) is 295 Å². The highest BCUT2D eigenvalue weighted by Crippen LogP contribution is 2.60. The van der Waals surface area contributed by atoms with E-state index in [0.717, 1.165) is 88.8 Å². The largest absolute Gasteiger partial charge is 0.0654 e. The first-order valence-corrected chi connectivity index (χ1v) is 34.6. The van der Waals surface area contributed by atoms with E-state index in [9.17, 15) is 0 Å². The molecule has 0 aliphatic heterocycles. The van der Waals surface area contributed by atoms with Crippen LogP contribution in [0.15, 0.2) is 0 Å². The van der Waals surface area contributed by atoms with E-state index in [4.69, 9.17) is 0 Å². The first kappa shape index (κ1) is 54.8. The minimum atomic E-state index is 0.601. The second-order valence-electron chi connectivity index (χ2n) is 29.7. The fourth-order valence-corrected chi connectivity index (χ4v) is 21.1. The fourth-order valence-electron chi connectivity index (χ4n) is 21.1. The summed E-state index contributed by atoms with van der Waals surface area (Å²) >= 11 is 0. The predicted octanol–water partition coefficient (Wildman–Crippen LogP) is 23.0. The summed E-state index contributed by atoms with van der Waals surface area (Å²) in [6, 6.07) is 0. The minimum absolute atomic E-state index is 0.601. The van der Waals surface area contributed by atoms with E-state index in [1.165, 1.54) is 44.9 Å². The molecule has 0 N–H and O–H groups in total. The monoisotopic (exact) mass is 965 g/mol. The summed E-state index contributed by atoms with van der Waals surface area (Å²) in [7, 11) is 0. The SMILES string of the molecule is CCCCCC12CC3CC4CC(C1)C1CCC(CCCCCCCCCC5CCCCCC4C5)CCCCC(C1)C1CCCCC(CCC1)CC1CCCC(CCCC4CCCCCC3CC4)CC2C1. The van der Waals surface area contributed by atoms with Gasteiger partial charge in [0.15, 0.2) is 0 Å². The van der Waals surface area contributed by atoms with E-state index in [2.05, 4.69) is 6.92 Å². The van der Waals surface area contributed by atoms with Crippen molar-refractivity contribution in [3.8, 4) is 0 Å². The third kappa shape index (κ3) is 16.5. The molecule has 0 saturated heterocycles. The van der Waals surface area contributed by atoms with Gasteiger partial charge < -0.3 is 0 Å². The lowest BCUT2D eigenvalue weighted by molar-refractivity contribution is -0.0333. The maximum absolute atomic E-state index is 2.55. The lowest BCUT2D eigenvalue weighted by atomic mass is 9.52. The van der Waals surface area contributed by atoms with E-state index >= 15 is 0 Å². The van der Waals surface area contributed by atoms with Gasteiger partial charge in [0.1, 0.15) is 0 Å². The summed E-state index contributed by atoms with van der Waals surface area (Å²) in [6.07, 6.45) is 84.2. The zero-order chi connectivity index (χ0) is 47.6. The van der Waals surface area contributed by atoms with Gasteiger partial charge in [0.05, 0.1) is 0 Å². The zero-order valence-corrected chi connectivity index (χ0v) is 47.6. The highest BCUT2D eigenvalue weighted by Gasteiger charge is 2.49. The summed E-state index contributed by atoms with van der Waals surface area (Å²) in [5.41, 5.74) is 0.601. The Labute approximate surface area is 439 Å². The molecule has 0 aromatic carbocycles. The van der Waals surface area contributed by atoms with Crippen molar-refractivity contribution in [2.24, 2.45) is 94.2 Å². The minimum Gasteiger partial charge on any atom is -0.0654 e. The Morgan fingerprint density at radius 2 is 0.600 bits per heavy atom. The average molecular weight is 966 g/mol. The molecule has 16 atom stereocenters. The van der Waals surface area contributed by atoms with Crippen LogP contribution in [-0.4, -0.2) is 0 Å². The van der Waals surface area contributed by atoms with Crippen molar-refractivity contribution in [1.29, 1.82) is 0 Å². The number of fused-ring (bicyclic) bond motifs is 19. The normalized spacial score (nSPS) is 43.4. The van der Waals surface area contributed by atoms with Gasteiger partial charge in [0.25, 0.3) is 0 Å². The van der Waals surface area contributed by atoms with Gasteiger partial charge in [-0.15, -0.1) is 0 Å². The van der Waals surface area contributed by atoms with Crippen LogP contribution in [0.3, 0.4) is 0 Å². The van der Waals surface area contributed by atoms with Crippen LogP contribution in [0.2, 0.25) is 0 Å². The summed E-state index contributed by atoms with van der Waals surface area (Å²) in [6.45, 7) is 2.55. The van der Waals surface area contributed by atoms with Crippen LogP contribution in [0.5, 0.6) is 0 Å². The lowest BCUT2D eigenvalue weighted by Gasteiger charge is -2.53. The molecule has 0 heteroatoms. The van der Waals surface area contributed by atoms with Crippen molar-refractivity contribution in [3.63, 3.8) is 0 Å². The van der Waals surface area contributed by atoms with Crippen molar-refractivity contribution in [3.05, 3.63) is 0 Å². The van der Waals surface area contributed by atoms with Crippen LogP contribution < -0.4 is 0 Å². The molecule has 9 aliphatic carbocycles. The van der Waals surface area contributed by atoms with Crippen LogP contribution in [0, 0.1) is 94.2 Å². The number of hydrogen-bond acceptors (Lipinski definition) is 0. The second-order valence-corrected chi connectivity index (χ2v) is 29.7. The smallest absolute Gasteiger partial charge is 0.0263 e. The van der Waals surface area contributed by atoms with E-state index in [1.807, 2.05) is 0 Å². The molecular formula is C70H124. The topological polar surface area (TPSA) is 0 Å². The molecule has 70 heavy (non-hydrogen) atoms. The highest BCUT2D eigenvalue weighted by molar-refractivity contribution is 5.00. The number of unbranched alkanes of at least 4 members (excludes halogenated alkanes) is 2. The zero-order valence-electron chi connectivity index (χ0n) is 47.6. The Hall–Kier alpha value is 0. The molecule has 0 spiro atoms. The summed E-state index contributed by atoms with van der Waals surface area (Å²) in [5, 5.41) is 0. The average Bonchev–Trinajstić information content (AvgIpc) is 3.53. The van der Waals surface area contributed by atoms with Crippen molar-refractivity contribution in [2.45, 2.75) is 347 Å². The lowest BCUT2D eigenvalue weighted by Crippen LogP contribution is -2.44. The molecule has 0 aromatic heterocycles. The van der Waals surface area contributed by atoms with Crippen molar-refractivity contribution in [1.82, 2.24) is 0 Å². The van der Waals surface area contributed by atoms with Gasteiger partial charge in [-0.25, -0.2) is 0 Å². The molecular weight excluding hydrogens is 841 g/mol. The summed E-state index contributed by atoms with van der Waals surface area (Å²) in [4.78, 5) is 0. The van der Waals surface area contributed by atoms with Crippen molar-refractivity contribution in [2.75, 3.05) is 0 Å². The Morgan fingerprint density at radius 3 is 1.24 bits per heavy atom. The Morgan fingerprint density at radius 1 is 0.243 bits per heavy atom. The van der Waals surface area contributed by atoms with Crippen LogP contribution in [-0.2, 0) is 0 Å². The van der Waals surface area contributed by atoms with Gasteiger partial charge in [0.2, 0.25) is 0 Å². The molecule has 9 fully saturated rings. The third-order valence-electron chi connectivity index (χ3n) is 25.0. The molecule has 16 unspecified atom stereocenters. The molecule has 9 rings (SSSR count). The van der Waals surface area contributed by atoms with Crippen molar-refractivity contribution < 1.29 is 0 Å². The van der Waals surface area contributed by atoms with Gasteiger partial charge in [0, 0.05) is 0 Å². The Kier molecular flexibility index (Phi) is 23.1. The molecule has 404 valence electrons. The number of hydrogen-bond donors (Lipinski definition) is 0. The number of rotatable bonds is 4. The van der Waals surface area contributed by atoms with Crippen LogP contribution in [0.4, 0.5) is 0 Å². The fraction of sp³-hybridized carbons (Fsp3) is 1.00. The van der Waals surface area contributed by atoms with Gasteiger partial charge in [-0.2, -0.15) is 0 Å². The van der Waals surface area contributed by atoms with Gasteiger partial charge >= 0.3 is 0 Å². The van der Waals surface area contributed by atoms with Crippen LogP contribution in [0.25, 0.3) is 0 Å². The molecule has 0 aromatic rings. The maximum atomic E-state index is 2.55. The first-order valence-electron chi connectivity index (χ1n) is 34.6. The van der Waals surface area contributed by atoms with Crippen molar-refractivity contribution >= 4 is 0 Å². The predicted molar refractivity (Wildman–Crippen MR) is 305 cm³/mol. The van der Waals surface area contributed by atoms with Gasteiger partial charge in [-0.05, 0) is 171 Å². The standard InChI is InChI=1S/C70H124/c1-2-3-21-45-70-53-67-51-66-52-68(54-70)65-44-42-55(25-11-7-5-4-6-8-12-28-58-29-14-10-16-38-63(66)47-58)27-17-20-39-64(50-65)61-37-19-18-30-57(34-24-40-61)46-60-35-23-33-59(48-69(70)49-60)32-22-31-56-26-13-9-15-36-62(67)43-41-56/h55-69H,2-54H2,1H3. The van der Waals surface area contributed by atoms with Crippen LogP contribution >= 0.6 is 0 Å². The molecule has 9 saturated carbocycles. The van der Waals surface area contributed by atoms with E-state index in [0.29, 0.717) is 5.41 Å². The first-order chi connectivity index (χ1) is 34.6. The Balaban J connectivity index is 1.19. The molecule has 9 aliphatic rings. The van der Waals surface area contributed by atoms with E-state index in [-0.39, 0.29) is 0 Å². The molecule has 0 heterocycles. The maximum Gasteiger partial charge on any atom is -0.0263 e. The van der Waals surface area contributed by atoms with Gasteiger partial charge in [-0.3, -0.25) is 0 Å². The quantitative estimate of drug-likeness (QED) is 0.246. The molecule has 16 bridgehead atoms. The Bertz CT molecular complexity index is 1390. The second kappa shape index (κ2) is 29.5. The van der Waals surface area contributed by atoms with E-state index < -0.39 is 0 Å². The van der Waals surface area contributed by atoms with Gasteiger partial charge in [-0.1, -0.05) is 270 Å².